The molecular weight excluding hydrogens is 367 g/mol. The van der Waals surface area contributed by atoms with Gasteiger partial charge in [-0.15, -0.1) is 11.3 Å². The Balaban J connectivity index is 2.02. The van der Waals surface area contributed by atoms with E-state index in [9.17, 15) is 8.42 Å². The monoisotopic (exact) mass is 374 g/mol. The lowest BCUT2D eigenvalue weighted by molar-refractivity contribution is 0.601. The lowest BCUT2D eigenvalue weighted by Crippen LogP contribution is -2.14. The summed E-state index contributed by atoms with van der Waals surface area (Å²) in [4.78, 5) is 3.79. The smallest absolute Gasteiger partial charge is 0.264 e. The minimum absolute atomic E-state index is 0.0578. The van der Waals surface area contributed by atoms with Crippen LogP contribution >= 0.6 is 34.5 Å². The molecule has 0 aliphatic carbocycles. The van der Waals surface area contributed by atoms with E-state index in [1.807, 2.05) is 0 Å². The highest BCUT2D eigenvalue weighted by molar-refractivity contribution is 7.93. The van der Waals surface area contributed by atoms with Gasteiger partial charge in [0.15, 0.2) is 0 Å². The Morgan fingerprint density at radius 3 is 2.64 bits per heavy atom. The minimum atomic E-state index is -3.85. The van der Waals surface area contributed by atoms with Gasteiger partial charge in [0.25, 0.3) is 10.0 Å². The predicted octanol–water partition coefficient (Wildman–Crippen LogP) is 3.44. The van der Waals surface area contributed by atoms with Crippen LogP contribution in [0.15, 0.2) is 47.9 Å². The molecule has 3 aromatic rings. The maximum Gasteiger partial charge on any atom is 0.264 e. The van der Waals surface area contributed by atoms with Crippen LogP contribution in [0.4, 0.5) is 5.69 Å². The molecule has 3 rings (SSSR count). The van der Waals surface area contributed by atoms with Crippen molar-refractivity contribution in [3.8, 4) is 5.69 Å². The van der Waals surface area contributed by atoms with Gasteiger partial charge in [0.2, 0.25) is 0 Å². The maximum atomic E-state index is 12.5. The number of thiophene rings is 1. The highest BCUT2D eigenvalue weighted by Gasteiger charge is 2.22. The Hall–Kier alpha value is -1.61. The van der Waals surface area contributed by atoms with Gasteiger partial charge >= 0.3 is 0 Å². The summed E-state index contributed by atoms with van der Waals surface area (Å²) in [5.41, 5.74) is 0.896. The molecule has 0 aliphatic rings. The number of sulfonamides is 1. The molecule has 0 saturated carbocycles. The molecule has 0 radical (unpaired) electrons. The number of anilines is 1. The van der Waals surface area contributed by atoms with E-state index in [0.29, 0.717) is 15.7 Å². The quantitative estimate of drug-likeness (QED) is 0.758. The van der Waals surface area contributed by atoms with Gasteiger partial charge in [0.1, 0.15) is 21.9 Å². The third-order valence-corrected chi connectivity index (χ3v) is 5.85. The molecule has 0 amide bonds. The van der Waals surface area contributed by atoms with E-state index in [4.69, 9.17) is 23.2 Å². The van der Waals surface area contributed by atoms with Crippen molar-refractivity contribution in [2.45, 2.75) is 4.90 Å². The molecule has 0 bridgehead atoms. The van der Waals surface area contributed by atoms with Gasteiger partial charge in [-0.25, -0.2) is 18.1 Å². The first-order chi connectivity index (χ1) is 10.5. The van der Waals surface area contributed by atoms with Gasteiger partial charge in [-0.1, -0.05) is 35.3 Å². The Morgan fingerprint density at radius 1 is 1.23 bits per heavy atom. The van der Waals surface area contributed by atoms with Crippen molar-refractivity contribution in [2.24, 2.45) is 0 Å². The van der Waals surface area contributed by atoms with Crippen LogP contribution in [0.3, 0.4) is 0 Å². The fourth-order valence-corrected chi connectivity index (χ4v) is 5.03. The molecule has 0 spiro atoms. The molecule has 0 aliphatic heterocycles. The van der Waals surface area contributed by atoms with Gasteiger partial charge in [0, 0.05) is 0 Å². The predicted molar refractivity (Wildman–Crippen MR) is 86.5 cm³/mol. The fourth-order valence-electron chi connectivity index (χ4n) is 1.80. The SMILES string of the molecule is O=S(=O)(Nc1ccccc1-n1cncn1)c1cc(Cl)sc1Cl. The van der Waals surface area contributed by atoms with Gasteiger partial charge < -0.3 is 0 Å². The molecule has 0 unspecified atom stereocenters. The third-order valence-electron chi connectivity index (χ3n) is 2.73. The van der Waals surface area contributed by atoms with Gasteiger partial charge in [0.05, 0.1) is 15.7 Å². The number of para-hydroxylation sites is 2. The standard InChI is InChI=1S/C12H8Cl2N4O2S2/c13-11-5-10(12(14)21-11)22(19,20)17-8-3-1-2-4-9(8)18-7-15-6-16-18/h1-7,17H. The Labute approximate surface area is 140 Å². The average Bonchev–Trinajstić information content (AvgIpc) is 3.09. The summed E-state index contributed by atoms with van der Waals surface area (Å²) < 4.78 is 29.3. The summed E-state index contributed by atoms with van der Waals surface area (Å²) in [6.07, 6.45) is 2.84. The second-order valence-corrected chi connectivity index (χ2v) is 8.09. The molecule has 0 saturated heterocycles. The van der Waals surface area contributed by atoms with Crippen molar-refractivity contribution in [1.29, 1.82) is 0 Å². The second kappa shape index (κ2) is 5.88. The number of nitrogens with one attached hydrogen (secondary N) is 1. The molecule has 6 nitrogen and oxygen atoms in total. The molecule has 1 N–H and O–H groups in total. The molecular formula is C12H8Cl2N4O2S2. The number of nitrogens with zero attached hydrogens (tertiary/aromatic N) is 3. The van der Waals surface area contributed by atoms with Crippen molar-refractivity contribution in [2.75, 3.05) is 4.72 Å². The second-order valence-electron chi connectivity index (χ2n) is 4.15. The van der Waals surface area contributed by atoms with Crippen molar-refractivity contribution in [3.63, 3.8) is 0 Å². The van der Waals surface area contributed by atoms with E-state index in [2.05, 4.69) is 14.8 Å². The summed E-state index contributed by atoms with van der Waals surface area (Å²) in [5, 5.41) is 4.00. The number of rotatable bonds is 4. The van der Waals surface area contributed by atoms with Crippen LogP contribution in [0.1, 0.15) is 0 Å². The maximum absolute atomic E-state index is 12.5. The summed E-state index contributed by atoms with van der Waals surface area (Å²) in [6.45, 7) is 0. The first kappa shape index (κ1) is 15.3. The third kappa shape index (κ3) is 2.95. The number of hydrogen-bond donors (Lipinski definition) is 1. The Kier molecular flexibility index (Phi) is 4.09. The number of halogens is 2. The van der Waals surface area contributed by atoms with Gasteiger partial charge in [-0.05, 0) is 18.2 Å². The zero-order valence-electron chi connectivity index (χ0n) is 10.8. The Morgan fingerprint density at radius 2 is 2.00 bits per heavy atom. The average molecular weight is 375 g/mol. The van der Waals surface area contributed by atoms with Crippen molar-refractivity contribution >= 4 is 50.2 Å². The molecule has 0 fully saturated rings. The van der Waals surface area contributed by atoms with E-state index in [-0.39, 0.29) is 9.23 Å². The summed E-state index contributed by atoms with van der Waals surface area (Å²) in [6, 6.07) is 8.13. The first-order valence-electron chi connectivity index (χ1n) is 5.89. The van der Waals surface area contributed by atoms with Crippen LogP contribution in [0.2, 0.25) is 8.67 Å². The van der Waals surface area contributed by atoms with Gasteiger partial charge in [-0.2, -0.15) is 5.10 Å². The molecule has 22 heavy (non-hydrogen) atoms. The molecule has 10 heteroatoms. The van der Waals surface area contributed by atoms with Crippen molar-refractivity contribution < 1.29 is 8.42 Å². The lowest BCUT2D eigenvalue weighted by atomic mass is 10.3. The van der Waals surface area contributed by atoms with Crippen LogP contribution in [0.5, 0.6) is 0 Å². The lowest BCUT2D eigenvalue weighted by Gasteiger charge is -2.11. The molecule has 2 heterocycles. The van der Waals surface area contributed by atoms with E-state index in [1.54, 1.807) is 24.3 Å². The van der Waals surface area contributed by atoms with Crippen LogP contribution < -0.4 is 4.72 Å². The molecule has 1 aromatic carbocycles. The topological polar surface area (TPSA) is 76.9 Å². The zero-order valence-corrected chi connectivity index (χ0v) is 13.9. The largest absolute Gasteiger partial charge is 0.277 e. The van der Waals surface area contributed by atoms with E-state index < -0.39 is 10.0 Å². The minimum Gasteiger partial charge on any atom is -0.277 e. The van der Waals surface area contributed by atoms with E-state index in [0.717, 1.165) is 11.3 Å². The summed E-state index contributed by atoms with van der Waals surface area (Å²) in [5.74, 6) is 0. The Bertz CT molecular complexity index is 907. The first-order valence-corrected chi connectivity index (χ1v) is 8.94. The van der Waals surface area contributed by atoms with E-state index >= 15 is 0 Å². The van der Waals surface area contributed by atoms with Crippen LogP contribution in [-0.4, -0.2) is 23.2 Å². The normalized spacial score (nSPS) is 11.5. The molecule has 114 valence electrons. The summed E-state index contributed by atoms with van der Waals surface area (Å²) >= 11 is 12.7. The van der Waals surface area contributed by atoms with Crippen LogP contribution in [0, 0.1) is 0 Å². The fraction of sp³-hybridized carbons (Fsp3) is 0. The van der Waals surface area contributed by atoms with Crippen LogP contribution in [-0.2, 0) is 10.0 Å². The highest BCUT2D eigenvalue weighted by Crippen LogP contribution is 2.35. The van der Waals surface area contributed by atoms with Gasteiger partial charge in [-0.3, -0.25) is 4.72 Å². The van der Waals surface area contributed by atoms with Crippen LogP contribution in [0.25, 0.3) is 5.69 Å². The number of aromatic nitrogens is 3. The highest BCUT2D eigenvalue weighted by atomic mass is 35.5. The van der Waals surface area contributed by atoms with E-state index in [1.165, 1.54) is 23.4 Å². The number of benzene rings is 1. The zero-order chi connectivity index (χ0) is 15.7. The van der Waals surface area contributed by atoms with Crippen molar-refractivity contribution in [1.82, 2.24) is 14.8 Å². The molecule has 2 aromatic heterocycles. The summed E-state index contributed by atoms with van der Waals surface area (Å²) in [7, 11) is -3.85. The molecule has 0 atom stereocenters. The van der Waals surface area contributed by atoms with Crippen molar-refractivity contribution in [3.05, 3.63) is 51.7 Å². The number of hydrogen-bond acceptors (Lipinski definition) is 5.